The lowest BCUT2D eigenvalue weighted by Gasteiger charge is -2.13. The summed E-state index contributed by atoms with van der Waals surface area (Å²) in [5.41, 5.74) is 0. The minimum Gasteiger partial charge on any atom is -0.481 e. The van der Waals surface area contributed by atoms with E-state index in [1.807, 2.05) is 0 Å². The maximum atomic E-state index is 11.3. The minimum absolute atomic E-state index is 0.0625. The van der Waals surface area contributed by atoms with Crippen LogP contribution in [0.2, 0.25) is 10.0 Å². The van der Waals surface area contributed by atoms with Crippen molar-refractivity contribution in [1.29, 1.82) is 0 Å². The molecule has 88 valence electrons. The van der Waals surface area contributed by atoms with Gasteiger partial charge in [-0.2, -0.15) is 0 Å². The van der Waals surface area contributed by atoms with Crippen molar-refractivity contribution < 1.29 is 9.53 Å². The molecule has 0 spiro atoms. The van der Waals surface area contributed by atoms with Gasteiger partial charge in [-0.25, -0.2) is 0 Å². The molecule has 1 aromatic rings. The second-order valence-electron chi connectivity index (χ2n) is 3.28. The van der Waals surface area contributed by atoms with Crippen LogP contribution in [-0.2, 0) is 4.79 Å². The molecule has 0 radical (unpaired) electrons. The van der Waals surface area contributed by atoms with Gasteiger partial charge in [0.15, 0.2) is 12.4 Å². The summed E-state index contributed by atoms with van der Waals surface area (Å²) in [6.07, 6.45) is 0. The van der Waals surface area contributed by atoms with Crippen molar-refractivity contribution in [3.63, 3.8) is 0 Å². The smallest absolute Gasteiger partial charge is 0.259 e. The highest BCUT2D eigenvalue weighted by Crippen LogP contribution is 2.35. The summed E-state index contributed by atoms with van der Waals surface area (Å²) in [5.74, 6) is 0.277. The Balaban J connectivity index is 2.78. The third kappa shape index (κ3) is 3.54. The van der Waals surface area contributed by atoms with Crippen molar-refractivity contribution in [2.24, 2.45) is 0 Å². The Kier molecular flexibility index (Phi) is 4.89. The molecule has 1 aromatic carbocycles. The normalized spacial score (nSPS) is 10.1. The summed E-state index contributed by atoms with van der Waals surface area (Å²) in [7, 11) is 3.31. The van der Waals surface area contributed by atoms with Crippen LogP contribution in [0.15, 0.2) is 16.6 Å². The molecule has 0 atom stereocenters. The lowest BCUT2D eigenvalue weighted by Crippen LogP contribution is -2.27. The molecule has 0 unspecified atom stereocenters. The molecule has 0 saturated carbocycles. The molecule has 0 fully saturated rings. The van der Waals surface area contributed by atoms with Crippen LogP contribution in [0.3, 0.4) is 0 Å². The van der Waals surface area contributed by atoms with Gasteiger partial charge < -0.3 is 9.64 Å². The highest BCUT2D eigenvalue weighted by Gasteiger charge is 2.11. The highest BCUT2D eigenvalue weighted by molar-refractivity contribution is 9.10. The summed E-state index contributed by atoms with van der Waals surface area (Å²) in [6.45, 7) is -0.0625. The molecule has 0 aliphatic rings. The SMILES string of the molecule is CN(C)C(=O)COc1c(Cl)cc(Cl)cc1Br. The fourth-order valence-corrected chi connectivity index (χ4v) is 2.30. The van der Waals surface area contributed by atoms with Gasteiger partial charge in [0.25, 0.3) is 5.91 Å². The average Bonchev–Trinajstić information content (AvgIpc) is 2.15. The molecule has 1 rings (SSSR count). The van der Waals surface area contributed by atoms with Crippen molar-refractivity contribution in [1.82, 2.24) is 4.90 Å². The minimum atomic E-state index is -0.141. The van der Waals surface area contributed by atoms with Crippen LogP contribution < -0.4 is 4.74 Å². The number of nitrogens with zero attached hydrogens (tertiary/aromatic N) is 1. The Morgan fingerprint density at radius 3 is 2.56 bits per heavy atom. The number of likely N-dealkylation sites (N-methyl/N-ethyl adjacent to an activating group) is 1. The van der Waals surface area contributed by atoms with E-state index in [9.17, 15) is 4.79 Å². The van der Waals surface area contributed by atoms with Crippen LogP contribution in [0.25, 0.3) is 0 Å². The molecular weight excluding hydrogens is 317 g/mol. The standard InChI is InChI=1S/C10H10BrCl2NO2/c1-14(2)9(15)5-16-10-7(11)3-6(12)4-8(10)13/h3-4H,5H2,1-2H3. The quantitative estimate of drug-likeness (QED) is 0.853. The van der Waals surface area contributed by atoms with E-state index in [2.05, 4.69) is 15.9 Å². The zero-order valence-corrected chi connectivity index (χ0v) is 11.9. The summed E-state index contributed by atoms with van der Waals surface area (Å²) >= 11 is 15.0. The number of carbonyl (C=O) groups excluding carboxylic acids is 1. The van der Waals surface area contributed by atoms with Crippen LogP contribution in [0.5, 0.6) is 5.75 Å². The van der Waals surface area contributed by atoms with E-state index in [1.54, 1.807) is 26.2 Å². The van der Waals surface area contributed by atoms with E-state index >= 15 is 0 Å². The van der Waals surface area contributed by atoms with E-state index in [0.29, 0.717) is 20.3 Å². The van der Waals surface area contributed by atoms with Gasteiger partial charge in [-0.05, 0) is 28.1 Å². The van der Waals surface area contributed by atoms with Crippen molar-refractivity contribution in [3.8, 4) is 5.75 Å². The Hall–Kier alpha value is -0.450. The van der Waals surface area contributed by atoms with E-state index in [4.69, 9.17) is 27.9 Å². The number of benzene rings is 1. The van der Waals surface area contributed by atoms with E-state index in [0.717, 1.165) is 0 Å². The third-order valence-corrected chi connectivity index (χ3v) is 2.89. The van der Waals surface area contributed by atoms with Crippen LogP contribution in [-0.4, -0.2) is 31.5 Å². The fraction of sp³-hybridized carbons (Fsp3) is 0.300. The average molecular weight is 327 g/mol. The van der Waals surface area contributed by atoms with E-state index in [-0.39, 0.29) is 12.5 Å². The van der Waals surface area contributed by atoms with Crippen molar-refractivity contribution >= 4 is 45.0 Å². The molecule has 16 heavy (non-hydrogen) atoms. The van der Waals surface area contributed by atoms with Gasteiger partial charge in [0.1, 0.15) is 0 Å². The molecule has 0 saturated heterocycles. The zero-order chi connectivity index (χ0) is 12.3. The van der Waals surface area contributed by atoms with Gasteiger partial charge in [-0.15, -0.1) is 0 Å². The van der Waals surface area contributed by atoms with Gasteiger partial charge in [-0.1, -0.05) is 23.2 Å². The molecular formula is C10H10BrCl2NO2. The monoisotopic (exact) mass is 325 g/mol. The second kappa shape index (κ2) is 5.75. The highest BCUT2D eigenvalue weighted by atomic mass is 79.9. The molecule has 6 heteroatoms. The van der Waals surface area contributed by atoms with Crippen LogP contribution in [0.4, 0.5) is 0 Å². The molecule has 0 aliphatic carbocycles. The van der Waals surface area contributed by atoms with Crippen LogP contribution in [0.1, 0.15) is 0 Å². The summed E-state index contributed by atoms with van der Waals surface area (Å²) in [4.78, 5) is 12.8. The first-order valence-electron chi connectivity index (χ1n) is 4.39. The predicted octanol–water partition coefficient (Wildman–Crippen LogP) is 3.22. The number of hydrogen-bond acceptors (Lipinski definition) is 2. The van der Waals surface area contributed by atoms with Crippen molar-refractivity contribution in [3.05, 3.63) is 26.7 Å². The first kappa shape index (κ1) is 13.6. The van der Waals surface area contributed by atoms with Gasteiger partial charge >= 0.3 is 0 Å². The number of hydrogen-bond donors (Lipinski definition) is 0. The van der Waals surface area contributed by atoms with Gasteiger partial charge in [0.2, 0.25) is 0 Å². The Labute approximate surface area is 112 Å². The lowest BCUT2D eigenvalue weighted by atomic mass is 10.3. The lowest BCUT2D eigenvalue weighted by molar-refractivity contribution is -0.130. The van der Waals surface area contributed by atoms with Crippen molar-refractivity contribution in [2.45, 2.75) is 0 Å². The summed E-state index contributed by atoms with van der Waals surface area (Å²) in [6, 6.07) is 3.21. The Morgan fingerprint density at radius 2 is 2.06 bits per heavy atom. The molecule has 0 heterocycles. The molecule has 0 aliphatic heterocycles. The number of ether oxygens (including phenoxy) is 1. The molecule has 3 nitrogen and oxygen atoms in total. The zero-order valence-electron chi connectivity index (χ0n) is 8.76. The van der Waals surface area contributed by atoms with E-state index < -0.39 is 0 Å². The second-order valence-corrected chi connectivity index (χ2v) is 4.97. The predicted molar refractivity (Wildman–Crippen MR) is 68.4 cm³/mol. The summed E-state index contributed by atoms with van der Waals surface area (Å²) in [5, 5.41) is 0.870. The molecule has 0 aromatic heterocycles. The Bertz CT molecular complexity index is 387. The first-order valence-corrected chi connectivity index (χ1v) is 5.94. The van der Waals surface area contributed by atoms with Crippen molar-refractivity contribution in [2.75, 3.05) is 20.7 Å². The maximum absolute atomic E-state index is 11.3. The topological polar surface area (TPSA) is 29.5 Å². The van der Waals surface area contributed by atoms with Gasteiger partial charge in [0.05, 0.1) is 9.50 Å². The van der Waals surface area contributed by atoms with Crippen LogP contribution >= 0.6 is 39.1 Å². The molecule has 1 amide bonds. The largest absolute Gasteiger partial charge is 0.481 e. The fourth-order valence-electron chi connectivity index (χ4n) is 0.930. The third-order valence-electron chi connectivity index (χ3n) is 1.80. The number of rotatable bonds is 3. The molecule has 0 bridgehead atoms. The van der Waals surface area contributed by atoms with E-state index in [1.165, 1.54) is 4.90 Å². The maximum Gasteiger partial charge on any atom is 0.259 e. The van der Waals surface area contributed by atoms with Crippen LogP contribution in [0, 0.1) is 0 Å². The molecule has 0 N–H and O–H groups in total. The van der Waals surface area contributed by atoms with Gasteiger partial charge in [0, 0.05) is 19.1 Å². The number of halogens is 3. The first-order chi connectivity index (χ1) is 7.41. The Morgan fingerprint density at radius 1 is 1.44 bits per heavy atom. The number of carbonyl (C=O) groups is 1. The summed E-state index contributed by atoms with van der Waals surface area (Å²) < 4.78 is 5.94. The van der Waals surface area contributed by atoms with Gasteiger partial charge in [-0.3, -0.25) is 4.79 Å². The number of amides is 1.